The van der Waals surface area contributed by atoms with E-state index in [1.165, 1.54) is 6.08 Å². The van der Waals surface area contributed by atoms with Crippen LogP contribution in [0.2, 0.25) is 0 Å². The zero-order valence-electron chi connectivity index (χ0n) is 9.08. The zero-order valence-corrected chi connectivity index (χ0v) is 9.08. The van der Waals surface area contributed by atoms with Crippen molar-refractivity contribution in [2.45, 2.75) is 12.2 Å². The molecule has 2 N–H and O–H groups in total. The summed E-state index contributed by atoms with van der Waals surface area (Å²) in [6.45, 7) is 7.14. The minimum Gasteiger partial charge on any atom is -0.385 e. The molecule has 0 aliphatic rings. The number of benzene rings is 1. The predicted octanol–water partition coefficient (Wildman–Crippen LogP) is 2.38. The summed E-state index contributed by atoms with van der Waals surface area (Å²) in [7, 11) is 0. The average Bonchev–Trinajstić information content (AvgIpc) is 2.35. The molecule has 0 aromatic heterocycles. The van der Waals surface area contributed by atoms with Crippen molar-refractivity contribution in [3.05, 3.63) is 72.9 Å². The van der Waals surface area contributed by atoms with Crippen LogP contribution in [0.25, 0.3) is 0 Å². The Balaban J connectivity index is 2.89. The Morgan fingerprint density at radius 1 is 1.12 bits per heavy atom. The van der Waals surface area contributed by atoms with Crippen LogP contribution in [0.5, 0.6) is 0 Å². The van der Waals surface area contributed by atoms with Crippen molar-refractivity contribution in [1.82, 2.24) is 0 Å². The van der Waals surface area contributed by atoms with Crippen LogP contribution < -0.4 is 0 Å². The maximum atomic E-state index is 9.94. The second-order valence-corrected chi connectivity index (χ2v) is 3.41. The van der Waals surface area contributed by atoms with Crippen molar-refractivity contribution in [2.24, 2.45) is 0 Å². The van der Waals surface area contributed by atoms with E-state index in [9.17, 15) is 10.2 Å². The minimum atomic E-state index is -0.988. The molecule has 84 valence electrons. The quantitative estimate of drug-likeness (QED) is 0.742. The van der Waals surface area contributed by atoms with Crippen molar-refractivity contribution >= 4 is 0 Å². The summed E-state index contributed by atoms with van der Waals surface area (Å²) in [4.78, 5) is 0. The van der Waals surface area contributed by atoms with Gasteiger partial charge in [0.05, 0.1) is 0 Å². The lowest BCUT2D eigenvalue weighted by Crippen LogP contribution is -2.19. The second-order valence-electron chi connectivity index (χ2n) is 3.41. The summed E-state index contributed by atoms with van der Waals surface area (Å²) in [5, 5.41) is 19.9. The van der Waals surface area contributed by atoms with Crippen LogP contribution in [0.15, 0.2) is 67.3 Å². The molecule has 1 rings (SSSR count). The molecule has 1 aromatic carbocycles. The fourth-order valence-electron chi connectivity index (χ4n) is 1.44. The first-order chi connectivity index (χ1) is 7.70. The molecule has 0 fully saturated rings. The van der Waals surface area contributed by atoms with Gasteiger partial charge in [0.15, 0.2) is 0 Å². The third-order valence-corrected chi connectivity index (χ3v) is 2.33. The number of allylic oxidation sites excluding steroid dienone is 2. The molecule has 0 bridgehead atoms. The molecule has 0 spiro atoms. The van der Waals surface area contributed by atoms with Gasteiger partial charge < -0.3 is 10.2 Å². The molecule has 0 amide bonds. The Labute approximate surface area is 95.9 Å². The van der Waals surface area contributed by atoms with Crippen LogP contribution in [0.4, 0.5) is 0 Å². The normalized spacial score (nSPS) is 15.2. The fourth-order valence-corrected chi connectivity index (χ4v) is 1.44. The minimum absolute atomic E-state index is 0.548. The first-order valence-corrected chi connectivity index (χ1v) is 5.06. The fraction of sp³-hybridized carbons (Fsp3) is 0.143. The van der Waals surface area contributed by atoms with Crippen LogP contribution in [0, 0.1) is 0 Å². The van der Waals surface area contributed by atoms with Gasteiger partial charge in [0.1, 0.15) is 12.2 Å². The van der Waals surface area contributed by atoms with E-state index in [0.717, 1.165) is 0 Å². The topological polar surface area (TPSA) is 40.5 Å². The molecule has 0 radical (unpaired) electrons. The van der Waals surface area contributed by atoms with Gasteiger partial charge in [-0.25, -0.2) is 0 Å². The smallest absolute Gasteiger partial charge is 0.109 e. The second kappa shape index (κ2) is 6.05. The van der Waals surface area contributed by atoms with E-state index in [4.69, 9.17) is 0 Å². The van der Waals surface area contributed by atoms with Gasteiger partial charge >= 0.3 is 0 Å². The number of rotatable bonds is 5. The monoisotopic (exact) mass is 216 g/mol. The molecular weight excluding hydrogens is 200 g/mol. The van der Waals surface area contributed by atoms with Gasteiger partial charge in [0.2, 0.25) is 0 Å². The number of hydrogen-bond acceptors (Lipinski definition) is 2. The SMILES string of the molecule is C=C/C=C(\C=C)[C@H](O)[C@@H](O)c1ccccc1. The van der Waals surface area contributed by atoms with Crippen LogP contribution in [0.1, 0.15) is 11.7 Å². The lowest BCUT2D eigenvalue weighted by Gasteiger charge is -2.19. The lowest BCUT2D eigenvalue weighted by atomic mass is 9.98. The maximum Gasteiger partial charge on any atom is 0.109 e. The predicted molar refractivity (Wildman–Crippen MR) is 65.9 cm³/mol. The molecular formula is C14H16O2. The van der Waals surface area contributed by atoms with E-state index >= 15 is 0 Å². The Morgan fingerprint density at radius 2 is 1.75 bits per heavy atom. The molecule has 16 heavy (non-hydrogen) atoms. The molecule has 2 nitrogen and oxygen atoms in total. The first-order valence-electron chi connectivity index (χ1n) is 5.06. The Morgan fingerprint density at radius 3 is 2.25 bits per heavy atom. The molecule has 2 atom stereocenters. The Hall–Kier alpha value is -1.64. The molecule has 0 unspecified atom stereocenters. The van der Waals surface area contributed by atoms with Gasteiger partial charge in [0, 0.05) is 0 Å². The molecule has 0 saturated heterocycles. The van der Waals surface area contributed by atoms with E-state index in [0.29, 0.717) is 11.1 Å². The average molecular weight is 216 g/mol. The third-order valence-electron chi connectivity index (χ3n) is 2.33. The van der Waals surface area contributed by atoms with Crippen molar-refractivity contribution in [3.63, 3.8) is 0 Å². The summed E-state index contributed by atoms with van der Waals surface area (Å²) < 4.78 is 0. The van der Waals surface area contributed by atoms with Crippen LogP contribution in [-0.4, -0.2) is 16.3 Å². The van der Waals surface area contributed by atoms with Crippen molar-refractivity contribution in [1.29, 1.82) is 0 Å². The molecule has 0 aliphatic heterocycles. The van der Waals surface area contributed by atoms with Gasteiger partial charge in [-0.15, -0.1) is 0 Å². The third kappa shape index (κ3) is 2.92. The largest absolute Gasteiger partial charge is 0.385 e. The van der Waals surface area contributed by atoms with Crippen LogP contribution in [-0.2, 0) is 0 Å². The first kappa shape index (κ1) is 12.4. The number of aliphatic hydroxyl groups is 2. The van der Waals surface area contributed by atoms with Crippen molar-refractivity contribution in [2.75, 3.05) is 0 Å². The summed E-state index contributed by atoms with van der Waals surface area (Å²) in [5.74, 6) is 0. The van der Waals surface area contributed by atoms with Gasteiger partial charge in [-0.3, -0.25) is 0 Å². The summed E-state index contributed by atoms with van der Waals surface area (Å²) in [6.07, 6.45) is 2.75. The molecule has 1 aromatic rings. The number of hydrogen-bond donors (Lipinski definition) is 2. The van der Waals surface area contributed by atoms with Crippen molar-refractivity contribution in [3.8, 4) is 0 Å². The molecule has 2 heteroatoms. The van der Waals surface area contributed by atoms with Crippen LogP contribution >= 0.6 is 0 Å². The van der Waals surface area contributed by atoms with Gasteiger partial charge in [-0.2, -0.15) is 0 Å². The summed E-state index contributed by atoms with van der Waals surface area (Å²) >= 11 is 0. The van der Waals surface area contributed by atoms with E-state index in [1.54, 1.807) is 24.3 Å². The Kier molecular flexibility index (Phi) is 4.70. The lowest BCUT2D eigenvalue weighted by molar-refractivity contribution is 0.0433. The van der Waals surface area contributed by atoms with E-state index in [2.05, 4.69) is 13.2 Å². The highest BCUT2D eigenvalue weighted by molar-refractivity contribution is 5.29. The zero-order chi connectivity index (χ0) is 12.0. The van der Waals surface area contributed by atoms with E-state index in [1.807, 2.05) is 18.2 Å². The van der Waals surface area contributed by atoms with E-state index < -0.39 is 12.2 Å². The van der Waals surface area contributed by atoms with Gasteiger partial charge in [-0.05, 0) is 11.1 Å². The highest BCUT2D eigenvalue weighted by atomic mass is 16.3. The maximum absolute atomic E-state index is 9.94. The molecule has 0 heterocycles. The highest BCUT2D eigenvalue weighted by Gasteiger charge is 2.19. The van der Waals surface area contributed by atoms with Crippen LogP contribution in [0.3, 0.4) is 0 Å². The standard InChI is InChI=1S/C14H16O2/c1-3-8-11(4-2)13(15)14(16)12-9-6-5-7-10-12/h3-10,13-16H,1-2H2/b11-8+/t13-,14-/m0/s1. The Bertz CT molecular complexity index is 379. The number of aliphatic hydroxyl groups excluding tert-OH is 2. The van der Waals surface area contributed by atoms with E-state index in [-0.39, 0.29) is 0 Å². The summed E-state index contributed by atoms with van der Waals surface area (Å²) in [5.41, 5.74) is 1.22. The highest BCUT2D eigenvalue weighted by Crippen LogP contribution is 2.21. The van der Waals surface area contributed by atoms with Gasteiger partial charge in [0.25, 0.3) is 0 Å². The summed E-state index contributed by atoms with van der Waals surface area (Å²) in [6, 6.07) is 9.02. The van der Waals surface area contributed by atoms with Crippen molar-refractivity contribution < 1.29 is 10.2 Å². The van der Waals surface area contributed by atoms with Gasteiger partial charge in [-0.1, -0.05) is 61.7 Å². The molecule has 0 aliphatic carbocycles. The molecule has 0 saturated carbocycles.